The summed E-state index contributed by atoms with van der Waals surface area (Å²) in [6.45, 7) is 8.50. The number of benzene rings is 1. The van der Waals surface area contributed by atoms with Gasteiger partial charge in [0.25, 0.3) is 0 Å². The lowest BCUT2D eigenvalue weighted by Gasteiger charge is -2.14. The normalized spacial score (nSPS) is 11.0. The first-order valence-corrected chi connectivity index (χ1v) is 7.63. The highest BCUT2D eigenvalue weighted by atomic mass is 16.5. The van der Waals surface area contributed by atoms with Gasteiger partial charge < -0.3 is 15.0 Å². The summed E-state index contributed by atoms with van der Waals surface area (Å²) in [5.74, 6) is 0.774. The fourth-order valence-electron chi connectivity index (χ4n) is 2.10. The highest BCUT2D eigenvalue weighted by molar-refractivity contribution is 5.91. The molecule has 1 amide bonds. The molecule has 0 heterocycles. The Morgan fingerprint density at radius 1 is 1.24 bits per heavy atom. The minimum absolute atomic E-state index is 0.0413. The van der Waals surface area contributed by atoms with Crippen molar-refractivity contribution in [3.8, 4) is 5.75 Å². The number of amides is 1. The third kappa shape index (κ3) is 6.95. The lowest BCUT2D eigenvalue weighted by atomic mass is 10.2. The molecule has 4 heteroatoms. The second kappa shape index (κ2) is 10.00. The Morgan fingerprint density at radius 2 is 1.90 bits per heavy atom. The third-order valence-electron chi connectivity index (χ3n) is 3.55. The molecule has 0 unspecified atom stereocenters. The van der Waals surface area contributed by atoms with E-state index < -0.39 is 0 Å². The Hall–Kier alpha value is -1.81. The van der Waals surface area contributed by atoms with Crippen LogP contribution in [-0.2, 0) is 4.79 Å². The number of hydrogen-bond donors (Lipinski definition) is 2. The van der Waals surface area contributed by atoms with Crippen LogP contribution in [0.3, 0.4) is 0 Å². The van der Waals surface area contributed by atoms with E-state index in [-0.39, 0.29) is 5.91 Å². The van der Waals surface area contributed by atoms with Gasteiger partial charge in [0.2, 0.25) is 5.91 Å². The van der Waals surface area contributed by atoms with Crippen LogP contribution in [0.1, 0.15) is 25.8 Å². The summed E-state index contributed by atoms with van der Waals surface area (Å²) < 4.78 is 5.09. The number of ether oxygens (including phenoxy) is 1. The fourth-order valence-corrected chi connectivity index (χ4v) is 2.10. The lowest BCUT2D eigenvalue weighted by molar-refractivity contribution is -0.896. The molecule has 2 N–H and O–H groups in total. The second-order valence-electron chi connectivity index (χ2n) is 4.96. The van der Waals surface area contributed by atoms with E-state index in [4.69, 9.17) is 4.74 Å². The molecule has 0 aliphatic heterocycles. The minimum Gasteiger partial charge on any atom is -0.497 e. The van der Waals surface area contributed by atoms with Crippen molar-refractivity contribution >= 4 is 12.0 Å². The van der Waals surface area contributed by atoms with Crippen molar-refractivity contribution in [3.05, 3.63) is 35.9 Å². The predicted molar refractivity (Wildman–Crippen MR) is 86.6 cm³/mol. The van der Waals surface area contributed by atoms with Crippen LogP contribution in [0.4, 0.5) is 0 Å². The fraction of sp³-hybridized carbons (Fsp3) is 0.471. The van der Waals surface area contributed by atoms with Gasteiger partial charge in [-0.15, -0.1) is 0 Å². The molecule has 1 aromatic rings. The molecule has 0 spiro atoms. The number of rotatable bonds is 9. The van der Waals surface area contributed by atoms with Gasteiger partial charge in [0.05, 0.1) is 26.7 Å². The Labute approximate surface area is 127 Å². The third-order valence-corrected chi connectivity index (χ3v) is 3.55. The van der Waals surface area contributed by atoms with Crippen LogP contribution in [0.5, 0.6) is 5.75 Å². The monoisotopic (exact) mass is 291 g/mol. The minimum atomic E-state index is -0.0413. The number of carbonyl (C=O) groups is 1. The van der Waals surface area contributed by atoms with E-state index in [0.29, 0.717) is 0 Å². The number of nitrogens with one attached hydrogen (secondary N) is 2. The highest BCUT2D eigenvalue weighted by Crippen LogP contribution is 2.11. The Bertz CT molecular complexity index is 437. The van der Waals surface area contributed by atoms with E-state index in [1.807, 2.05) is 30.3 Å². The van der Waals surface area contributed by atoms with Crippen LogP contribution in [0, 0.1) is 0 Å². The smallest absolute Gasteiger partial charge is 0.244 e. The van der Waals surface area contributed by atoms with Gasteiger partial charge in [-0.25, -0.2) is 0 Å². The van der Waals surface area contributed by atoms with Gasteiger partial charge in [0.15, 0.2) is 0 Å². The van der Waals surface area contributed by atoms with Crippen molar-refractivity contribution in [2.24, 2.45) is 0 Å². The van der Waals surface area contributed by atoms with Gasteiger partial charge in [-0.2, -0.15) is 0 Å². The summed E-state index contributed by atoms with van der Waals surface area (Å²) >= 11 is 0. The SMILES string of the molecule is CC[NH+](CC)CCCNC(=O)/C=C/c1ccc(OC)cc1. The molecule has 0 aliphatic carbocycles. The summed E-state index contributed by atoms with van der Waals surface area (Å²) in [6.07, 6.45) is 4.40. The summed E-state index contributed by atoms with van der Waals surface area (Å²) in [5.41, 5.74) is 0.985. The van der Waals surface area contributed by atoms with Crippen molar-refractivity contribution in [3.63, 3.8) is 0 Å². The predicted octanol–water partition coefficient (Wildman–Crippen LogP) is 1.14. The number of quaternary nitrogens is 1. The first-order chi connectivity index (χ1) is 10.2. The topological polar surface area (TPSA) is 42.8 Å². The molecule has 0 radical (unpaired) electrons. The zero-order valence-corrected chi connectivity index (χ0v) is 13.3. The summed E-state index contributed by atoms with van der Waals surface area (Å²) in [4.78, 5) is 13.3. The maximum atomic E-state index is 11.7. The van der Waals surface area contributed by atoms with Crippen molar-refractivity contribution in [2.75, 3.05) is 33.3 Å². The highest BCUT2D eigenvalue weighted by Gasteiger charge is 2.02. The molecule has 116 valence electrons. The molecule has 21 heavy (non-hydrogen) atoms. The molecule has 1 aromatic carbocycles. The van der Waals surface area contributed by atoms with Crippen molar-refractivity contribution in [2.45, 2.75) is 20.3 Å². The van der Waals surface area contributed by atoms with Gasteiger partial charge >= 0.3 is 0 Å². The molecule has 1 rings (SSSR count). The zero-order chi connectivity index (χ0) is 15.5. The standard InChI is InChI=1S/C17H26N2O2/c1-4-19(5-2)14-6-13-18-17(20)12-9-15-7-10-16(21-3)11-8-15/h7-12H,4-6,13-14H2,1-3H3,(H,18,20)/p+1/b12-9+. The Morgan fingerprint density at radius 3 is 2.48 bits per heavy atom. The van der Waals surface area contributed by atoms with Crippen LogP contribution in [-0.4, -0.2) is 39.2 Å². The molecular weight excluding hydrogens is 264 g/mol. The van der Waals surface area contributed by atoms with Gasteiger partial charge in [0.1, 0.15) is 5.75 Å². The van der Waals surface area contributed by atoms with Crippen LogP contribution in [0.25, 0.3) is 6.08 Å². The van der Waals surface area contributed by atoms with E-state index in [2.05, 4.69) is 19.2 Å². The molecule has 0 aliphatic rings. The van der Waals surface area contributed by atoms with Crippen molar-refractivity contribution < 1.29 is 14.4 Å². The Balaban J connectivity index is 2.27. The maximum Gasteiger partial charge on any atom is 0.244 e. The average molecular weight is 291 g/mol. The molecule has 0 saturated heterocycles. The van der Waals surface area contributed by atoms with Gasteiger partial charge in [-0.3, -0.25) is 4.79 Å². The summed E-state index contributed by atoms with van der Waals surface area (Å²) in [7, 11) is 1.64. The quantitative estimate of drug-likeness (QED) is 0.529. The summed E-state index contributed by atoms with van der Waals surface area (Å²) in [5, 5.41) is 2.92. The van der Waals surface area contributed by atoms with E-state index in [1.54, 1.807) is 18.1 Å². The lowest BCUT2D eigenvalue weighted by Crippen LogP contribution is -3.11. The average Bonchev–Trinajstić information content (AvgIpc) is 2.53. The van der Waals surface area contributed by atoms with Gasteiger partial charge in [-0.1, -0.05) is 12.1 Å². The molecule has 0 bridgehead atoms. The molecule has 4 nitrogen and oxygen atoms in total. The largest absolute Gasteiger partial charge is 0.497 e. The molecule has 0 aromatic heterocycles. The molecule has 0 atom stereocenters. The van der Waals surface area contributed by atoms with Crippen LogP contribution in [0.15, 0.2) is 30.3 Å². The number of hydrogen-bond acceptors (Lipinski definition) is 2. The van der Waals surface area contributed by atoms with Crippen LogP contribution < -0.4 is 15.0 Å². The van der Waals surface area contributed by atoms with Gasteiger partial charge in [-0.05, 0) is 37.6 Å². The van der Waals surface area contributed by atoms with E-state index in [0.717, 1.165) is 43.9 Å². The Kier molecular flexibility index (Phi) is 8.21. The number of methoxy groups -OCH3 is 1. The van der Waals surface area contributed by atoms with Crippen molar-refractivity contribution in [1.82, 2.24) is 5.32 Å². The van der Waals surface area contributed by atoms with Gasteiger partial charge in [0, 0.05) is 19.0 Å². The van der Waals surface area contributed by atoms with E-state index in [1.165, 1.54) is 0 Å². The maximum absolute atomic E-state index is 11.7. The second-order valence-corrected chi connectivity index (χ2v) is 4.96. The molecule has 0 fully saturated rings. The first-order valence-electron chi connectivity index (χ1n) is 7.63. The molecular formula is C17H27N2O2+. The summed E-state index contributed by atoms with van der Waals surface area (Å²) in [6, 6.07) is 7.60. The zero-order valence-electron chi connectivity index (χ0n) is 13.3. The first kappa shape index (κ1) is 17.2. The van der Waals surface area contributed by atoms with Crippen molar-refractivity contribution in [1.29, 1.82) is 0 Å². The van der Waals surface area contributed by atoms with E-state index in [9.17, 15) is 4.79 Å². The van der Waals surface area contributed by atoms with E-state index >= 15 is 0 Å². The van der Waals surface area contributed by atoms with Crippen LogP contribution in [0.2, 0.25) is 0 Å². The van der Waals surface area contributed by atoms with Crippen LogP contribution >= 0.6 is 0 Å². The number of carbonyl (C=O) groups excluding carboxylic acids is 1. The molecule has 0 saturated carbocycles.